The summed E-state index contributed by atoms with van der Waals surface area (Å²) in [5.74, 6) is -1.62. The average molecular weight is 408 g/mol. The van der Waals surface area contributed by atoms with Gasteiger partial charge in [0.25, 0.3) is 0 Å². The van der Waals surface area contributed by atoms with E-state index in [2.05, 4.69) is 28.6 Å². The number of anilines is 1. The maximum Gasteiger partial charge on any atom is 0.238 e. The summed E-state index contributed by atoms with van der Waals surface area (Å²) in [7, 11) is 0. The molecule has 2 heterocycles. The number of benzene rings is 2. The van der Waals surface area contributed by atoms with E-state index in [-0.39, 0.29) is 18.1 Å². The van der Waals surface area contributed by atoms with Crippen molar-refractivity contribution in [3.8, 4) is 5.69 Å². The highest BCUT2D eigenvalue weighted by molar-refractivity contribution is 5.92. The molecule has 1 N–H and O–H groups in total. The van der Waals surface area contributed by atoms with E-state index in [1.165, 1.54) is 11.1 Å². The normalized spacial score (nSPS) is 14.4. The van der Waals surface area contributed by atoms with Gasteiger partial charge in [0, 0.05) is 30.9 Å². The van der Waals surface area contributed by atoms with Gasteiger partial charge < -0.3 is 5.32 Å². The number of hydrogen-bond acceptors (Lipinski definition) is 3. The molecule has 30 heavy (non-hydrogen) atoms. The van der Waals surface area contributed by atoms with Crippen LogP contribution in [0.15, 0.2) is 60.9 Å². The molecule has 0 radical (unpaired) electrons. The first-order valence-electron chi connectivity index (χ1n) is 9.76. The van der Waals surface area contributed by atoms with E-state index in [9.17, 15) is 13.6 Å². The van der Waals surface area contributed by atoms with Crippen LogP contribution in [0.1, 0.15) is 17.5 Å². The second-order valence-corrected chi connectivity index (χ2v) is 7.40. The average Bonchev–Trinajstić information content (AvgIpc) is 3.22. The van der Waals surface area contributed by atoms with Crippen LogP contribution in [-0.2, 0) is 4.79 Å². The number of carbonyl (C=O) groups is 1. The molecular formula is C23H22F2N4O. The highest BCUT2D eigenvalue weighted by Crippen LogP contribution is 2.23. The summed E-state index contributed by atoms with van der Waals surface area (Å²) in [6.07, 6.45) is 6.71. The minimum Gasteiger partial charge on any atom is -0.322 e. The van der Waals surface area contributed by atoms with E-state index in [0.29, 0.717) is 13.1 Å². The van der Waals surface area contributed by atoms with E-state index in [1.807, 2.05) is 41.0 Å². The third kappa shape index (κ3) is 4.63. The van der Waals surface area contributed by atoms with Crippen LogP contribution in [0.3, 0.4) is 0 Å². The molecule has 154 valence electrons. The van der Waals surface area contributed by atoms with Crippen molar-refractivity contribution < 1.29 is 13.6 Å². The van der Waals surface area contributed by atoms with Crippen molar-refractivity contribution in [3.05, 3.63) is 83.7 Å². The first-order chi connectivity index (χ1) is 14.5. The Morgan fingerprint density at radius 2 is 1.97 bits per heavy atom. The van der Waals surface area contributed by atoms with Gasteiger partial charge >= 0.3 is 0 Å². The monoisotopic (exact) mass is 408 g/mol. The molecule has 0 atom stereocenters. The minimum absolute atomic E-state index is 0.113. The van der Waals surface area contributed by atoms with Crippen molar-refractivity contribution in [1.29, 1.82) is 0 Å². The third-order valence-electron chi connectivity index (χ3n) is 5.11. The van der Waals surface area contributed by atoms with Crippen LogP contribution >= 0.6 is 0 Å². The summed E-state index contributed by atoms with van der Waals surface area (Å²) in [6.45, 7) is 3.46. The molecule has 0 fully saturated rings. The molecule has 5 nitrogen and oxygen atoms in total. The highest BCUT2D eigenvalue weighted by atomic mass is 19.1. The quantitative estimate of drug-likeness (QED) is 0.689. The smallest absolute Gasteiger partial charge is 0.238 e. The van der Waals surface area contributed by atoms with E-state index in [0.717, 1.165) is 35.9 Å². The number of hydrogen-bond donors (Lipinski definition) is 1. The van der Waals surface area contributed by atoms with Gasteiger partial charge in [0.05, 0.1) is 24.1 Å². The molecule has 7 heteroatoms. The fraction of sp³-hybridized carbons (Fsp3) is 0.217. The first-order valence-corrected chi connectivity index (χ1v) is 9.76. The number of halogens is 2. The number of amides is 1. The molecule has 1 aromatic heterocycles. The predicted octanol–water partition coefficient (Wildman–Crippen LogP) is 4.19. The van der Waals surface area contributed by atoms with Crippen LogP contribution in [0, 0.1) is 18.6 Å². The highest BCUT2D eigenvalue weighted by Gasteiger charge is 2.18. The molecule has 0 saturated heterocycles. The van der Waals surface area contributed by atoms with Crippen molar-refractivity contribution in [2.24, 2.45) is 0 Å². The number of aryl methyl sites for hydroxylation is 1. The lowest BCUT2D eigenvalue weighted by Gasteiger charge is -2.25. The molecular weight excluding hydrogens is 386 g/mol. The number of nitrogens with zero attached hydrogens (tertiary/aromatic N) is 3. The van der Waals surface area contributed by atoms with Crippen LogP contribution < -0.4 is 5.32 Å². The van der Waals surface area contributed by atoms with E-state index in [4.69, 9.17) is 0 Å². The number of rotatable bonds is 5. The molecule has 3 aromatic rings. The number of carbonyl (C=O) groups excluding carboxylic acids is 1. The van der Waals surface area contributed by atoms with Crippen molar-refractivity contribution >= 4 is 17.2 Å². The summed E-state index contributed by atoms with van der Waals surface area (Å²) in [5, 5.41) is 6.89. The van der Waals surface area contributed by atoms with Gasteiger partial charge in [-0.2, -0.15) is 5.10 Å². The zero-order valence-corrected chi connectivity index (χ0v) is 16.6. The molecule has 0 saturated carbocycles. The second-order valence-electron chi connectivity index (χ2n) is 7.40. The van der Waals surface area contributed by atoms with Crippen LogP contribution in [-0.4, -0.2) is 40.2 Å². The molecule has 1 aliphatic heterocycles. The molecule has 1 aliphatic rings. The van der Waals surface area contributed by atoms with Gasteiger partial charge in [0.2, 0.25) is 5.91 Å². The van der Waals surface area contributed by atoms with Crippen molar-refractivity contribution in [2.75, 3.05) is 25.0 Å². The van der Waals surface area contributed by atoms with E-state index < -0.39 is 11.6 Å². The Morgan fingerprint density at radius 1 is 1.17 bits per heavy atom. The Kier molecular flexibility index (Phi) is 5.72. The third-order valence-corrected chi connectivity index (χ3v) is 5.11. The SMILES string of the molecule is Cc1ccc(-n2cc(C3=CCN(CC(=O)Nc4cc(F)ccc4F)CC3)cn2)cc1. The van der Waals surface area contributed by atoms with Crippen LogP contribution in [0.4, 0.5) is 14.5 Å². The van der Waals surface area contributed by atoms with Crippen molar-refractivity contribution in [2.45, 2.75) is 13.3 Å². The van der Waals surface area contributed by atoms with Gasteiger partial charge in [0.15, 0.2) is 0 Å². The standard InChI is InChI=1S/C23H22F2N4O/c1-16-2-5-20(6-3-16)29-14-18(13-26-29)17-8-10-28(11-9-17)15-23(30)27-22-12-19(24)4-7-21(22)25/h2-8,12-14H,9-11,15H2,1H3,(H,27,30). The Morgan fingerprint density at radius 3 is 2.70 bits per heavy atom. The Balaban J connectivity index is 1.36. The summed E-state index contributed by atoms with van der Waals surface area (Å²) < 4.78 is 28.8. The fourth-order valence-electron chi connectivity index (χ4n) is 3.43. The number of nitrogens with one attached hydrogen (secondary N) is 1. The Hall–Kier alpha value is -3.32. The van der Waals surface area contributed by atoms with Gasteiger partial charge in [-0.15, -0.1) is 0 Å². The van der Waals surface area contributed by atoms with E-state index in [1.54, 1.807) is 0 Å². The Bertz CT molecular complexity index is 1090. The summed E-state index contributed by atoms with van der Waals surface area (Å²) >= 11 is 0. The van der Waals surface area contributed by atoms with Crippen LogP contribution in [0.25, 0.3) is 11.3 Å². The molecule has 0 bridgehead atoms. The molecule has 2 aromatic carbocycles. The first kappa shape index (κ1) is 20.0. The lowest BCUT2D eigenvalue weighted by molar-refractivity contribution is -0.117. The second kappa shape index (κ2) is 8.59. The minimum atomic E-state index is -0.656. The molecule has 4 rings (SSSR count). The van der Waals surface area contributed by atoms with Crippen LogP contribution in [0.5, 0.6) is 0 Å². The predicted molar refractivity (Wildman–Crippen MR) is 112 cm³/mol. The number of aromatic nitrogens is 2. The van der Waals surface area contributed by atoms with Gasteiger partial charge in [-0.05, 0) is 43.2 Å². The maximum atomic E-state index is 13.7. The fourth-order valence-corrected chi connectivity index (χ4v) is 3.43. The maximum absolute atomic E-state index is 13.7. The van der Waals surface area contributed by atoms with Gasteiger partial charge in [-0.25, -0.2) is 13.5 Å². The summed E-state index contributed by atoms with van der Waals surface area (Å²) in [5.41, 5.74) is 4.30. The lowest BCUT2D eigenvalue weighted by atomic mass is 10.0. The zero-order valence-electron chi connectivity index (χ0n) is 16.6. The van der Waals surface area contributed by atoms with Gasteiger partial charge in [-0.1, -0.05) is 23.8 Å². The van der Waals surface area contributed by atoms with Crippen molar-refractivity contribution in [1.82, 2.24) is 14.7 Å². The van der Waals surface area contributed by atoms with Gasteiger partial charge in [0.1, 0.15) is 11.6 Å². The van der Waals surface area contributed by atoms with Crippen LogP contribution in [0.2, 0.25) is 0 Å². The largest absolute Gasteiger partial charge is 0.322 e. The lowest BCUT2D eigenvalue weighted by Crippen LogP contribution is -2.36. The molecule has 1 amide bonds. The molecule has 0 aliphatic carbocycles. The Labute approximate surface area is 173 Å². The topological polar surface area (TPSA) is 50.2 Å². The van der Waals surface area contributed by atoms with E-state index >= 15 is 0 Å². The zero-order chi connectivity index (χ0) is 21.1. The summed E-state index contributed by atoms with van der Waals surface area (Å²) in [4.78, 5) is 14.2. The van der Waals surface area contributed by atoms with Crippen molar-refractivity contribution in [3.63, 3.8) is 0 Å². The van der Waals surface area contributed by atoms with Gasteiger partial charge in [-0.3, -0.25) is 9.69 Å². The summed E-state index contributed by atoms with van der Waals surface area (Å²) in [6, 6.07) is 11.2. The molecule has 0 spiro atoms. The molecule has 0 unspecified atom stereocenters.